The van der Waals surface area contributed by atoms with Crippen LogP contribution in [0.25, 0.3) is 0 Å². The van der Waals surface area contributed by atoms with Gasteiger partial charge in [-0.3, -0.25) is 4.90 Å². The molecule has 32 heavy (non-hydrogen) atoms. The molecule has 0 aromatic heterocycles. The first-order chi connectivity index (χ1) is 15.1. The normalized spacial score (nSPS) is 23.1. The number of nitrogens with zero attached hydrogens (tertiary/aromatic N) is 1. The Hall–Kier alpha value is -2.73. The van der Waals surface area contributed by atoms with Crippen LogP contribution in [-0.4, -0.2) is 47.9 Å². The first-order valence-electron chi connectivity index (χ1n) is 11.3. The van der Waals surface area contributed by atoms with Gasteiger partial charge in [0.25, 0.3) is 0 Å². The van der Waals surface area contributed by atoms with Crippen LogP contribution < -0.4 is 10.1 Å². The average Bonchev–Trinajstić information content (AvgIpc) is 2.71. The van der Waals surface area contributed by atoms with E-state index in [1.165, 1.54) is 16.7 Å². The lowest BCUT2D eigenvalue weighted by atomic mass is 9.77. The number of aryl methyl sites for hydroxylation is 1. The Balaban J connectivity index is 1.67. The molecule has 2 aromatic carbocycles. The maximum atomic E-state index is 12.7. The number of methoxy groups -OCH3 is 1. The zero-order chi connectivity index (χ0) is 23.0. The van der Waals surface area contributed by atoms with Crippen molar-refractivity contribution < 1.29 is 19.4 Å². The Morgan fingerprint density at radius 3 is 2.69 bits per heavy atom. The Kier molecular flexibility index (Phi) is 6.08. The standard InChI is InChI=1S/C26H34N2O4/c1-16-7-6-8-17(11-16)20-15-28-10-9-18-12-23(29)24(31-5)13-19(18)22(28)14-21(20)27-25(30)32-26(2,3)4/h6-8,11-13,20-22,29H,9-10,14-15H2,1-5H3,(H,27,30). The van der Waals surface area contributed by atoms with Gasteiger partial charge in [-0.2, -0.15) is 0 Å². The van der Waals surface area contributed by atoms with Gasteiger partial charge in [-0.05, 0) is 69.4 Å². The fourth-order valence-corrected chi connectivity index (χ4v) is 5.07. The molecular formula is C26H34N2O4. The third-order valence-corrected chi connectivity index (χ3v) is 6.48. The summed E-state index contributed by atoms with van der Waals surface area (Å²) in [5, 5.41) is 13.4. The highest BCUT2D eigenvalue weighted by Gasteiger charge is 2.41. The summed E-state index contributed by atoms with van der Waals surface area (Å²) in [5.41, 5.74) is 4.22. The SMILES string of the molecule is COc1cc2c(cc1O)CCN1CC(c3cccc(C)c3)C(NC(=O)OC(C)(C)C)CC21. The van der Waals surface area contributed by atoms with Gasteiger partial charge in [-0.25, -0.2) is 4.79 Å². The van der Waals surface area contributed by atoms with Crippen molar-refractivity contribution in [2.75, 3.05) is 20.2 Å². The molecule has 2 N–H and O–H groups in total. The summed E-state index contributed by atoms with van der Waals surface area (Å²) in [6, 6.07) is 12.4. The molecule has 1 fully saturated rings. The molecule has 0 radical (unpaired) electrons. The van der Waals surface area contributed by atoms with Gasteiger partial charge in [0.05, 0.1) is 7.11 Å². The number of alkyl carbamates (subject to hydrolysis) is 1. The predicted octanol–water partition coefficient (Wildman–Crippen LogP) is 4.69. The van der Waals surface area contributed by atoms with Crippen LogP contribution in [-0.2, 0) is 11.2 Å². The number of phenolic OH excluding ortho intramolecular Hbond substituents is 1. The summed E-state index contributed by atoms with van der Waals surface area (Å²) >= 11 is 0. The zero-order valence-corrected chi connectivity index (χ0v) is 19.6. The highest BCUT2D eigenvalue weighted by molar-refractivity contribution is 5.68. The number of hydrogen-bond acceptors (Lipinski definition) is 5. The van der Waals surface area contributed by atoms with Gasteiger partial charge in [0.1, 0.15) is 5.60 Å². The maximum Gasteiger partial charge on any atom is 0.407 e. The van der Waals surface area contributed by atoms with E-state index >= 15 is 0 Å². The van der Waals surface area contributed by atoms with Crippen LogP contribution in [0.3, 0.4) is 0 Å². The highest BCUT2D eigenvalue weighted by Crippen LogP contribution is 2.44. The van der Waals surface area contributed by atoms with E-state index in [-0.39, 0.29) is 29.8 Å². The van der Waals surface area contributed by atoms with Crippen molar-refractivity contribution in [1.29, 1.82) is 0 Å². The van der Waals surface area contributed by atoms with Crippen LogP contribution in [0.1, 0.15) is 61.4 Å². The highest BCUT2D eigenvalue weighted by atomic mass is 16.6. The van der Waals surface area contributed by atoms with E-state index in [0.29, 0.717) is 5.75 Å². The Morgan fingerprint density at radius 1 is 1.22 bits per heavy atom. The van der Waals surface area contributed by atoms with Gasteiger partial charge in [0.2, 0.25) is 0 Å². The smallest absolute Gasteiger partial charge is 0.407 e. The van der Waals surface area contributed by atoms with Gasteiger partial charge in [-0.15, -0.1) is 0 Å². The zero-order valence-electron chi connectivity index (χ0n) is 19.6. The largest absolute Gasteiger partial charge is 0.504 e. The number of phenols is 1. The van der Waals surface area contributed by atoms with Crippen LogP contribution in [0.2, 0.25) is 0 Å². The third kappa shape index (κ3) is 4.70. The Morgan fingerprint density at radius 2 is 2.00 bits per heavy atom. The minimum Gasteiger partial charge on any atom is -0.504 e. The van der Waals surface area contributed by atoms with Crippen molar-refractivity contribution in [1.82, 2.24) is 10.2 Å². The van der Waals surface area contributed by atoms with E-state index in [0.717, 1.165) is 31.5 Å². The Bertz CT molecular complexity index is 998. The summed E-state index contributed by atoms with van der Waals surface area (Å²) in [5.74, 6) is 0.832. The fraction of sp³-hybridized carbons (Fsp3) is 0.500. The van der Waals surface area contributed by atoms with Gasteiger partial charge in [0.15, 0.2) is 11.5 Å². The first-order valence-corrected chi connectivity index (χ1v) is 11.3. The number of carbonyl (C=O) groups is 1. The predicted molar refractivity (Wildman–Crippen MR) is 124 cm³/mol. The molecule has 2 aromatic rings. The average molecular weight is 439 g/mol. The number of piperidine rings is 1. The number of aromatic hydroxyl groups is 1. The Labute approximate surface area is 190 Å². The molecule has 6 nitrogen and oxygen atoms in total. The minimum atomic E-state index is -0.550. The fourth-order valence-electron chi connectivity index (χ4n) is 5.07. The van der Waals surface area contributed by atoms with Crippen molar-refractivity contribution in [2.45, 2.75) is 64.1 Å². The van der Waals surface area contributed by atoms with Gasteiger partial charge >= 0.3 is 6.09 Å². The molecule has 0 aliphatic carbocycles. The minimum absolute atomic E-state index is 0.0707. The maximum absolute atomic E-state index is 12.7. The van der Waals surface area contributed by atoms with Crippen LogP contribution >= 0.6 is 0 Å². The second kappa shape index (κ2) is 8.66. The molecular weight excluding hydrogens is 404 g/mol. The van der Waals surface area contributed by atoms with Crippen LogP contribution in [0, 0.1) is 6.92 Å². The molecule has 2 aliphatic rings. The lowest BCUT2D eigenvalue weighted by Gasteiger charge is -2.47. The summed E-state index contributed by atoms with van der Waals surface area (Å²) in [4.78, 5) is 15.2. The number of ether oxygens (including phenoxy) is 2. The molecule has 3 atom stereocenters. The van der Waals surface area contributed by atoms with Gasteiger partial charge in [0, 0.05) is 31.1 Å². The van der Waals surface area contributed by atoms with Crippen molar-refractivity contribution in [3.8, 4) is 11.5 Å². The number of hydrogen-bond donors (Lipinski definition) is 2. The topological polar surface area (TPSA) is 71.0 Å². The van der Waals surface area contributed by atoms with E-state index in [1.807, 2.05) is 32.9 Å². The van der Waals surface area contributed by atoms with Crippen LogP contribution in [0.4, 0.5) is 4.79 Å². The summed E-state index contributed by atoms with van der Waals surface area (Å²) < 4.78 is 11.0. The van der Waals surface area contributed by atoms with E-state index in [2.05, 4.69) is 41.4 Å². The van der Waals surface area contributed by atoms with Crippen molar-refractivity contribution in [2.24, 2.45) is 0 Å². The van der Waals surface area contributed by atoms with Crippen molar-refractivity contribution in [3.63, 3.8) is 0 Å². The van der Waals surface area contributed by atoms with Crippen LogP contribution in [0.5, 0.6) is 11.5 Å². The van der Waals surface area contributed by atoms with Gasteiger partial charge in [-0.1, -0.05) is 29.8 Å². The van der Waals surface area contributed by atoms with E-state index < -0.39 is 5.60 Å². The summed E-state index contributed by atoms with van der Waals surface area (Å²) in [6.45, 7) is 9.50. The van der Waals surface area contributed by atoms with E-state index in [9.17, 15) is 9.90 Å². The number of carbonyl (C=O) groups excluding carboxylic acids is 1. The second-order valence-corrected chi connectivity index (χ2v) is 9.99. The molecule has 0 saturated carbocycles. The molecule has 4 rings (SSSR count). The molecule has 172 valence electrons. The molecule has 2 heterocycles. The summed E-state index contributed by atoms with van der Waals surface area (Å²) in [6.07, 6.45) is 1.26. The lowest BCUT2D eigenvalue weighted by Crippen LogP contribution is -2.53. The summed E-state index contributed by atoms with van der Waals surface area (Å²) in [7, 11) is 1.57. The van der Waals surface area contributed by atoms with Gasteiger partial charge < -0.3 is 19.9 Å². The molecule has 0 bridgehead atoms. The molecule has 0 spiro atoms. The van der Waals surface area contributed by atoms with Crippen molar-refractivity contribution in [3.05, 3.63) is 58.7 Å². The number of benzene rings is 2. The number of fused-ring (bicyclic) bond motifs is 3. The molecule has 3 unspecified atom stereocenters. The quantitative estimate of drug-likeness (QED) is 0.728. The van der Waals surface area contributed by atoms with E-state index in [4.69, 9.17) is 9.47 Å². The van der Waals surface area contributed by atoms with Crippen molar-refractivity contribution >= 4 is 6.09 Å². The van der Waals surface area contributed by atoms with E-state index in [1.54, 1.807) is 7.11 Å². The lowest BCUT2D eigenvalue weighted by molar-refractivity contribution is 0.0413. The monoisotopic (exact) mass is 438 g/mol. The molecule has 1 amide bonds. The third-order valence-electron chi connectivity index (χ3n) is 6.48. The molecule has 6 heteroatoms. The first kappa shape index (κ1) is 22.5. The molecule has 1 saturated heterocycles. The number of rotatable bonds is 3. The van der Waals surface area contributed by atoms with Crippen LogP contribution in [0.15, 0.2) is 36.4 Å². The second-order valence-electron chi connectivity index (χ2n) is 9.99. The number of amides is 1. The molecule has 2 aliphatic heterocycles. The number of nitrogens with one attached hydrogen (secondary N) is 1.